The number of rotatable bonds is 5. The Morgan fingerprint density at radius 1 is 1.47 bits per heavy atom. The zero-order chi connectivity index (χ0) is 14.6. The number of carbonyl (C=O) groups excluding carboxylic acids is 1. The van der Waals surface area contributed by atoms with Gasteiger partial charge in [0.25, 0.3) is 5.91 Å². The van der Waals surface area contributed by atoms with E-state index < -0.39 is 17.9 Å². The molecule has 1 aromatic heterocycles. The molecular formula is C13H17ClN2O3. The molecule has 2 N–H and O–H groups in total. The molecule has 0 aliphatic rings. The molecule has 0 saturated heterocycles. The summed E-state index contributed by atoms with van der Waals surface area (Å²) in [4.78, 5) is 27.1. The maximum atomic E-state index is 12.0. The van der Waals surface area contributed by atoms with E-state index in [4.69, 9.17) is 16.7 Å². The monoisotopic (exact) mass is 284 g/mol. The van der Waals surface area contributed by atoms with Crippen molar-refractivity contribution in [2.45, 2.75) is 33.2 Å². The Bertz CT molecular complexity index is 471. The van der Waals surface area contributed by atoms with Gasteiger partial charge in [0, 0.05) is 11.3 Å². The number of amides is 1. The number of hydrogen-bond donors (Lipinski definition) is 2. The fourth-order valence-electron chi connectivity index (χ4n) is 1.67. The van der Waals surface area contributed by atoms with Crippen molar-refractivity contribution in [3.8, 4) is 0 Å². The van der Waals surface area contributed by atoms with Crippen molar-refractivity contribution in [2.24, 2.45) is 5.92 Å². The molecule has 0 unspecified atom stereocenters. The normalized spacial score (nSPS) is 13.7. The lowest BCUT2D eigenvalue weighted by atomic mass is 9.99. The molecule has 6 heteroatoms. The van der Waals surface area contributed by atoms with E-state index in [0.717, 1.165) is 0 Å². The fraction of sp³-hybridized carbons (Fsp3) is 0.462. The first-order valence-corrected chi connectivity index (χ1v) is 6.40. The van der Waals surface area contributed by atoms with Crippen LogP contribution in [0.4, 0.5) is 0 Å². The zero-order valence-corrected chi connectivity index (χ0v) is 11.9. The Morgan fingerprint density at radius 3 is 2.58 bits per heavy atom. The van der Waals surface area contributed by atoms with Gasteiger partial charge in [0.05, 0.1) is 0 Å². The van der Waals surface area contributed by atoms with Crippen LogP contribution < -0.4 is 5.32 Å². The molecule has 5 nitrogen and oxygen atoms in total. The van der Waals surface area contributed by atoms with Gasteiger partial charge in [-0.15, -0.1) is 0 Å². The summed E-state index contributed by atoms with van der Waals surface area (Å²) >= 11 is 5.78. The maximum Gasteiger partial charge on any atom is 0.326 e. The summed E-state index contributed by atoms with van der Waals surface area (Å²) in [5.74, 6) is -1.65. The van der Waals surface area contributed by atoms with Gasteiger partial charge in [0.15, 0.2) is 0 Å². The highest BCUT2D eigenvalue weighted by Crippen LogP contribution is 2.13. The second-order valence-corrected chi connectivity index (χ2v) is 4.88. The van der Waals surface area contributed by atoms with Crippen molar-refractivity contribution in [1.29, 1.82) is 0 Å². The first-order valence-electron chi connectivity index (χ1n) is 6.03. The van der Waals surface area contributed by atoms with Crippen molar-refractivity contribution in [2.75, 3.05) is 0 Å². The van der Waals surface area contributed by atoms with Gasteiger partial charge >= 0.3 is 5.97 Å². The van der Waals surface area contributed by atoms with Crippen LogP contribution in [-0.2, 0) is 4.79 Å². The van der Waals surface area contributed by atoms with E-state index in [1.165, 1.54) is 6.07 Å². The number of nitrogens with zero attached hydrogens (tertiary/aromatic N) is 1. The molecule has 1 heterocycles. The van der Waals surface area contributed by atoms with E-state index in [2.05, 4.69) is 10.3 Å². The van der Waals surface area contributed by atoms with Crippen LogP contribution in [0.3, 0.4) is 0 Å². The van der Waals surface area contributed by atoms with Crippen LogP contribution in [0, 0.1) is 12.8 Å². The van der Waals surface area contributed by atoms with Crippen LogP contribution in [0.15, 0.2) is 12.1 Å². The number of hydrogen-bond acceptors (Lipinski definition) is 3. The molecule has 0 aromatic carbocycles. The molecule has 104 valence electrons. The summed E-state index contributed by atoms with van der Waals surface area (Å²) in [7, 11) is 0. The Kier molecular flexibility index (Phi) is 5.30. The van der Waals surface area contributed by atoms with Crippen molar-refractivity contribution >= 4 is 23.5 Å². The van der Waals surface area contributed by atoms with Crippen LogP contribution in [0.2, 0.25) is 5.15 Å². The van der Waals surface area contributed by atoms with E-state index in [1.54, 1.807) is 19.9 Å². The third-order valence-electron chi connectivity index (χ3n) is 2.95. The highest BCUT2D eigenvalue weighted by atomic mass is 35.5. The van der Waals surface area contributed by atoms with Crippen LogP contribution in [0.1, 0.15) is 36.3 Å². The quantitative estimate of drug-likeness (QED) is 0.813. The number of aromatic nitrogens is 1. The van der Waals surface area contributed by atoms with Crippen molar-refractivity contribution in [3.63, 3.8) is 0 Å². The van der Waals surface area contributed by atoms with Gasteiger partial charge in [-0.2, -0.15) is 0 Å². The maximum absolute atomic E-state index is 12.0. The van der Waals surface area contributed by atoms with E-state index >= 15 is 0 Å². The first-order chi connectivity index (χ1) is 8.85. The highest BCUT2D eigenvalue weighted by molar-refractivity contribution is 6.29. The predicted octanol–water partition coefficient (Wildman–Crippen LogP) is 2.27. The molecule has 0 aliphatic heterocycles. The zero-order valence-electron chi connectivity index (χ0n) is 11.1. The lowest BCUT2D eigenvalue weighted by Crippen LogP contribution is -2.45. The number of aryl methyl sites for hydroxylation is 1. The molecule has 0 spiro atoms. The number of nitrogens with one attached hydrogen (secondary N) is 1. The molecule has 1 aromatic rings. The smallest absolute Gasteiger partial charge is 0.326 e. The Balaban J connectivity index is 2.90. The molecular weight excluding hydrogens is 268 g/mol. The van der Waals surface area contributed by atoms with Crippen molar-refractivity contribution in [1.82, 2.24) is 10.3 Å². The van der Waals surface area contributed by atoms with Crippen LogP contribution in [0.5, 0.6) is 0 Å². The largest absolute Gasteiger partial charge is 0.480 e. The Labute approximate surface area is 117 Å². The fourth-order valence-corrected chi connectivity index (χ4v) is 1.92. The van der Waals surface area contributed by atoms with Crippen molar-refractivity contribution in [3.05, 3.63) is 28.5 Å². The molecule has 0 bridgehead atoms. The van der Waals surface area contributed by atoms with E-state index in [1.807, 2.05) is 6.92 Å². The van der Waals surface area contributed by atoms with Crippen LogP contribution in [0.25, 0.3) is 0 Å². The van der Waals surface area contributed by atoms with E-state index in [-0.39, 0.29) is 11.1 Å². The highest BCUT2D eigenvalue weighted by Gasteiger charge is 2.25. The number of halogens is 1. The Morgan fingerprint density at radius 2 is 2.11 bits per heavy atom. The SMILES string of the molecule is CC[C@H](C)[C@H](NC(=O)c1cc(C)nc(Cl)c1)C(=O)O. The second kappa shape index (κ2) is 6.52. The van der Waals surface area contributed by atoms with Gasteiger partial charge in [0.1, 0.15) is 11.2 Å². The standard InChI is InChI=1S/C13H17ClN2O3/c1-4-7(2)11(13(18)19)16-12(17)9-5-8(3)15-10(14)6-9/h5-7,11H,4H2,1-3H3,(H,16,17)(H,18,19)/t7-,11-/m0/s1. The molecule has 0 aliphatic carbocycles. The van der Waals surface area contributed by atoms with Crippen LogP contribution >= 0.6 is 11.6 Å². The average Bonchev–Trinajstić information content (AvgIpc) is 2.33. The first kappa shape index (κ1) is 15.4. The van der Waals surface area contributed by atoms with Gasteiger partial charge in [-0.3, -0.25) is 4.79 Å². The van der Waals surface area contributed by atoms with E-state index in [0.29, 0.717) is 17.7 Å². The molecule has 0 fully saturated rings. The summed E-state index contributed by atoms with van der Waals surface area (Å²) in [6, 6.07) is 2.07. The summed E-state index contributed by atoms with van der Waals surface area (Å²) in [6.45, 7) is 5.37. The molecule has 2 atom stereocenters. The summed E-state index contributed by atoms with van der Waals surface area (Å²) < 4.78 is 0. The molecule has 1 amide bonds. The number of pyridine rings is 1. The number of carbonyl (C=O) groups is 2. The molecule has 0 radical (unpaired) electrons. The average molecular weight is 285 g/mol. The van der Waals surface area contributed by atoms with Crippen molar-refractivity contribution < 1.29 is 14.7 Å². The van der Waals surface area contributed by atoms with Gasteiger partial charge in [-0.05, 0) is 25.0 Å². The lowest BCUT2D eigenvalue weighted by molar-refractivity contribution is -0.140. The van der Waals surface area contributed by atoms with Gasteiger partial charge in [0.2, 0.25) is 0 Å². The van der Waals surface area contributed by atoms with Gasteiger partial charge < -0.3 is 10.4 Å². The minimum absolute atomic E-state index is 0.153. The number of carboxylic acids is 1. The minimum atomic E-state index is -1.04. The van der Waals surface area contributed by atoms with Gasteiger partial charge in [-0.25, -0.2) is 9.78 Å². The third kappa shape index (κ3) is 4.21. The summed E-state index contributed by atoms with van der Waals surface area (Å²) in [5, 5.41) is 11.8. The number of aliphatic carboxylic acids is 1. The Hall–Kier alpha value is -1.62. The number of carboxylic acid groups (broad SMARTS) is 1. The molecule has 19 heavy (non-hydrogen) atoms. The lowest BCUT2D eigenvalue weighted by Gasteiger charge is -2.20. The summed E-state index contributed by atoms with van der Waals surface area (Å²) in [6.07, 6.45) is 0.660. The van der Waals surface area contributed by atoms with E-state index in [9.17, 15) is 9.59 Å². The summed E-state index contributed by atoms with van der Waals surface area (Å²) in [5.41, 5.74) is 0.917. The molecule has 1 rings (SSSR count). The topological polar surface area (TPSA) is 79.3 Å². The minimum Gasteiger partial charge on any atom is -0.480 e. The molecule has 0 saturated carbocycles. The van der Waals surface area contributed by atoms with Gasteiger partial charge in [-0.1, -0.05) is 31.9 Å². The second-order valence-electron chi connectivity index (χ2n) is 4.49. The van der Waals surface area contributed by atoms with Crippen LogP contribution in [-0.4, -0.2) is 28.0 Å². The predicted molar refractivity (Wildman–Crippen MR) is 72.3 cm³/mol. The third-order valence-corrected chi connectivity index (χ3v) is 3.14.